The molecule has 0 saturated carbocycles. The first-order valence-corrected chi connectivity index (χ1v) is 11.4. The number of hydrogen-bond donors (Lipinski definition) is 2. The number of amides is 2. The summed E-state index contributed by atoms with van der Waals surface area (Å²) in [7, 11) is -3.54. The van der Waals surface area contributed by atoms with E-state index in [0.29, 0.717) is 6.54 Å². The summed E-state index contributed by atoms with van der Waals surface area (Å²) in [6.07, 6.45) is 0.171. The lowest BCUT2D eigenvalue weighted by molar-refractivity contribution is -0.130. The molecule has 0 radical (unpaired) electrons. The predicted octanol–water partition coefficient (Wildman–Crippen LogP) is 1.75. The smallest absolute Gasteiger partial charge is 0.250 e. The lowest BCUT2D eigenvalue weighted by atomic mass is 10.1. The number of nitrogens with one attached hydrogen (secondary N) is 2. The van der Waals surface area contributed by atoms with E-state index in [2.05, 4.69) is 10.0 Å². The van der Waals surface area contributed by atoms with Gasteiger partial charge >= 0.3 is 0 Å². The molecule has 9 heteroatoms. The van der Waals surface area contributed by atoms with Crippen molar-refractivity contribution in [2.45, 2.75) is 23.6 Å². The molecule has 1 aromatic carbocycles. The summed E-state index contributed by atoms with van der Waals surface area (Å²) in [5, 5.41) is 4.41. The van der Waals surface area contributed by atoms with Crippen molar-refractivity contribution >= 4 is 33.2 Å². The van der Waals surface area contributed by atoms with E-state index in [4.69, 9.17) is 0 Å². The maximum absolute atomic E-state index is 12.4. The van der Waals surface area contributed by atoms with Crippen LogP contribution in [0.15, 0.2) is 52.1 Å². The van der Waals surface area contributed by atoms with Gasteiger partial charge in [0.1, 0.15) is 4.21 Å². The van der Waals surface area contributed by atoms with Gasteiger partial charge in [0.15, 0.2) is 0 Å². The van der Waals surface area contributed by atoms with E-state index >= 15 is 0 Å². The van der Waals surface area contributed by atoms with E-state index < -0.39 is 15.9 Å². The Morgan fingerprint density at radius 3 is 2.64 bits per heavy atom. The summed E-state index contributed by atoms with van der Waals surface area (Å²) in [5.41, 5.74) is 1.03. The normalized spacial score (nSPS) is 18.2. The first-order chi connectivity index (χ1) is 13.4. The SMILES string of the molecule is CC(c1ccccc1)N1CC(C(=O)NCCNS(=O)(=O)c2cccs2)CC1=O. The Morgan fingerprint density at radius 2 is 1.96 bits per heavy atom. The van der Waals surface area contributed by atoms with E-state index in [1.165, 1.54) is 6.07 Å². The molecular formula is C19H23N3O4S2. The van der Waals surface area contributed by atoms with Crippen LogP contribution in [0.3, 0.4) is 0 Å². The molecule has 0 bridgehead atoms. The zero-order valence-electron chi connectivity index (χ0n) is 15.5. The average molecular weight is 422 g/mol. The minimum atomic E-state index is -3.54. The van der Waals surface area contributed by atoms with Gasteiger partial charge in [-0.2, -0.15) is 0 Å². The molecule has 7 nitrogen and oxygen atoms in total. The number of carbonyl (C=O) groups is 2. The van der Waals surface area contributed by atoms with Crippen LogP contribution in [0.25, 0.3) is 0 Å². The third kappa shape index (κ3) is 4.78. The number of nitrogens with zero attached hydrogens (tertiary/aromatic N) is 1. The largest absolute Gasteiger partial charge is 0.354 e. The van der Waals surface area contributed by atoms with Gasteiger partial charge in [-0.3, -0.25) is 9.59 Å². The zero-order valence-corrected chi connectivity index (χ0v) is 17.1. The van der Waals surface area contributed by atoms with Crippen LogP contribution >= 0.6 is 11.3 Å². The Labute approximate surface area is 168 Å². The molecule has 1 aliphatic heterocycles. The first kappa shape index (κ1) is 20.5. The molecule has 2 unspecified atom stereocenters. The standard InChI is InChI=1S/C19H23N3O4S2/c1-14(15-6-3-2-4-7-15)22-13-16(12-17(22)23)19(24)20-9-10-21-28(25,26)18-8-5-11-27-18/h2-8,11,14,16,21H,9-10,12-13H2,1H3,(H,20,24). The highest BCUT2D eigenvalue weighted by Gasteiger charge is 2.36. The van der Waals surface area contributed by atoms with Crippen molar-refractivity contribution in [3.8, 4) is 0 Å². The summed E-state index contributed by atoms with van der Waals surface area (Å²) in [6, 6.07) is 12.8. The molecule has 2 amide bonds. The number of sulfonamides is 1. The van der Waals surface area contributed by atoms with Crippen LogP contribution < -0.4 is 10.0 Å². The van der Waals surface area contributed by atoms with E-state index in [1.54, 1.807) is 16.3 Å². The van der Waals surface area contributed by atoms with Crippen LogP contribution in [0.4, 0.5) is 0 Å². The second-order valence-corrected chi connectivity index (χ2v) is 9.60. The molecular weight excluding hydrogens is 398 g/mol. The minimum absolute atomic E-state index is 0.0464. The van der Waals surface area contributed by atoms with Crippen molar-refractivity contribution < 1.29 is 18.0 Å². The van der Waals surface area contributed by atoms with Crippen molar-refractivity contribution in [1.82, 2.24) is 14.9 Å². The van der Waals surface area contributed by atoms with Crippen molar-refractivity contribution in [3.05, 3.63) is 53.4 Å². The Balaban J connectivity index is 1.47. The van der Waals surface area contributed by atoms with Crippen LogP contribution in [0.2, 0.25) is 0 Å². The monoisotopic (exact) mass is 421 g/mol. The number of carbonyl (C=O) groups excluding carboxylic acids is 2. The Hall–Kier alpha value is -2.23. The molecule has 3 rings (SSSR count). The van der Waals surface area contributed by atoms with E-state index in [1.807, 2.05) is 37.3 Å². The maximum Gasteiger partial charge on any atom is 0.250 e. The third-order valence-electron chi connectivity index (χ3n) is 4.75. The fraction of sp³-hybridized carbons (Fsp3) is 0.368. The summed E-state index contributed by atoms with van der Waals surface area (Å²) >= 11 is 1.14. The summed E-state index contributed by atoms with van der Waals surface area (Å²) in [4.78, 5) is 26.5. The second-order valence-electron chi connectivity index (χ2n) is 6.65. The molecule has 2 aromatic rings. The predicted molar refractivity (Wildman–Crippen MR) is 107 cm³/mol. The Morgan fingerprint density at radius 1 is 1.21 bits per heavy atom. The van der Waals surface area contributed by atoms with Crippen LogP contribution in [-0.4, -0.2) is 44.8 Å². The zero-order chi connectivity index (χ0) is 20.1. The number of rotatable bonds is 8. The average Bonchev–Trinajstić information content (AvgIpc) is 3.36. The lowest BCUT2D eigenvalue weighted by Crippen LogP contribution is -2.38. The fourth-order valence-electron chi connectivity index (χ4n) is 3.20. The molecule has 1 aliphatic rings. The number of likely N-dealkylation sites (tertiary alicyclic amines) is 1. The lowest BCUT2D eigenvalue weighted by Gasteiger charge is -2.25. The van der Waals surface area contributed by atoms with Crippen LogP contribution in [-0.2, 0) is 19.6 Å². The molecule has 2 N–H and O–H groups in total. The van der Waals surface area contributed by atoms with Gasteiger partial charge in [-0.25, -0.2) is 13.1 Å². The van der Waals surface area contributed by atoms with Gasteiger partial charge in [-0.05, 0) is 23.9 Å². The maximum atomic E-state index is 12.4. The van der Waals surface area contributed by atoms with Gasteiger partial charge in [0, 0.05) is 26.1 Å². The highest BCUT2D eigenvalue weighted by Crippen LogP contribution is 2.28. The molecule has 0 aliphatic carbocycles. The molecule has 2 heterocycles. The van der Waals surface area contributed by atoms with E-state index in [0.717, 1.165) is 16.9 Å². The Kier molecular flexibility index (Phi) is 6.48. The van der Waals surface area contributed by atoms with Gasteiger partial charge in [-0.1, -0.05) is 36.4 Å². The number of benzene rings is 1. The van der Waals surface area contributed by atoms with Crippen molar-refractivity contribution in [3.63, 3.8) is 0 Å². The van der Waals surface area contributed by atoms with Crippen molar-refractivity contribution in [2.24, 2.45) is 5.92 Å². The van der Waals surface area contributed by atoms with Gasteiger partial charge in [-0.15, -0.1) is 11.3 Å². The van der Waals surface area contributed by atoms with Crippen LogP contribution in [0, 0.1) is 5.92 Å². The summed E-state index contributed by atoms with van der Waals surface area (Å²) < 4.78 is 26.7. The Bertz CT molecular complexity index is 914. The molecule has 150 valence electrons. The molecule has 1 aromatic heterocycles. The van der Waals surface area contributed by atoms with E-state index in [9.17, 15) is 18.0 Å². The summed E-state index contributed by atoms with van der Waals surface area (Å²) in [5.74, 6) is -0.700. The van der Waals surface area contributed by atoms with Crippen molar-refractivity contribution in [1.29, 1.82) is 0 Å². The molecule has 0 spiro atoms. The highest BCUT2D eigenvalue weighted by atomic mass is 32.2. The third-order valence-corrected chi connectivity index (χ3v) is 7.61. The molecule has 2 atom stereocenters. The number of hydrogen-bond acceptors (Lipinski definition) is 5. The highest BCUT2D eigenvalue weighted by molar-refractivity contribution is 7.91. The van der Waals surface area contributed by atoms with Gasteiger partial charge in [0.05, 0.1) is 12.0 Å². The van der Waals surface area contributed by atoms with Crippen LogP contribution in [0.5, 0.6) is 0 Å². The second kappa shape index (κ2) is 8.85. The van der Waals surface area contributed by atoms with Crippen molar-refractivity contribution in [2.75, 3.05) is 19.6 Å². The van der Waals surface area contributed by atoms with Gasteiger partial charge in [0.25, 0.3) is 0 Å². The van der Waals surface area contributed by atoms with Gasteiger partial charge in [0.2, 0.25) is 21.8 Å². The minimum Gasteiger partial charge on any atom is -0.354 e. The molecule has 1 saturated heterocycles. The summed E-state index contributed by atoms with van der Waals surface area (Å²) in [6.45, 7) is 2.58. The number of thiophene rings is 1. The first-order valence-electron chi connectivity index (χ1n) is 9.04. The van der Waals surface area contributed by atoms with Crippen LogP contribution in [0.1, 0.15) is 24.9 Å². The quantitative estimate of drug-likeness (QED) is 0.635. The van der Waals surface area contributed by atoms with E-state index in [-0.39, 0.29) is 41.6 Å². The fourth-order valence-corrected chi connectivity index (χ4v) is 5.27. The van der Waals surface area contributed by atoms with Gasteiger partial charge < -0.3 is 10.2 Å². The molecule has 1 fully saturated rings. The molecule has 28 heavy (non-hydrogen) atoms. The topological polar surface area (TPSA) is 95.6 Å².